The number of benzene rings is 1. The van der Waals surface area contributed by atoms with Gasteiger partial charge in [0.2, 0.25) is 5.91 Å². The predicted octanol–water partition coefficient (Wildman–Crippen LogP) is 5.73. The summed E-state index contributed by atoms with van der Waals surface area (Å²) < 4.78 is 15.9. The second kappa shape index (κ2) is 9.88. The van der Waals surface area contributed by atoms with E-state index in [1.807, 2.05) is 40.6 Å². The molecule has 0 aliphatic carbocycles. The molecule has 1 aromatic carbocycles. The maximum Gasteiger partial charge on any atom is 0.228 e. The fourth-order valence-corrected chi connectivity index (χ4v) is 3.71. The molecule has 2 heterocycles. The van der Waals surface area contributed by atoms with E-state index in [0.29, 0.717) is 5.56 Å². The van der Waals surface area contributed by atoms with Crippen LogP contribution < -0.4 is 0 Å². The van der Waals surface area contributed by atoms with Gasteiger partial charge in [-0.05, 0) is 62.1 Å². The van der Waals surface area contributed by atoms with Crippen molar-refractivity contribution in [3.63, 3.8) is 0 Å². The molecule has 3 aromatic rings. The smallest absolute Gasteiger partial charge is 0.228 e. The molecule has 0 saturated carbocycles. The van der Waals surface area contributed by atoms with Crippen molar-refractivity contribution in [3.05, 3.63) is 59.2 Å². The lowest BCUT2D eigenvalue weighted by Crippen LogP contribution is -2.34. The topological polar surface area (TPSA) is 37.6 Å². The highest BCUT2D eigenvalue weighted by molar-refractivity contribution is 5.82. The third-order valence-electron chi connectivity index (χ3n) is 5.53. The number of aromatic nitrogens is 2. The van der Waals surface area contributed by atoms with Gasteiger partial charge in [-0.25, -0.2) is 9.37 Å². The Balaban J connectivity index is 2.02. The van der Waals surface area contributed by atoms with Gasteiger partial charge in [0, 0.05) is 24.8 Å². The first-order valence-electron chi connectivity index (χ1n) is 11.0. The van der Waals surface area contributed by atoms with Crippen molar-refractivity contribution in [1.82, 2.24) is 14.3 Å². The molecular weight excluding hydrogens is 377 g/mol. The molecule has 5 heteroatoms. The van der Waals surface area contributed by atoms with Crippen LogP contribution in [-0.2, 0) is 11.2 Å². The van der Waals surface area contributed by atoms with E-state index >= 15 is 0 Å². The van der Waals surface area contributed by atoms with E-state index in [4.69, 9.17) is 4.98 Å². The SMILES string of the molecule is CCCCN(CCCC)C(=O)Cc1c(-c2ccc(F)c(C)c2)nc2ccc(C)cn12. The number of pyridine rings is 1. The Labute approximate surface area is 178 Å². The molecule has 30 heavy (non-hydrogen) atoms. The summed E-state index contributed by atoms with van der Waals surface area (Å²) in [5.41, 5.74) is 4.93. The Morgan fingerprint density at radius 1 is 1.07 bits per heavy atom. The minimum atomic E-state index is -0.235. The van der Waals surface area contributed by atoms with Gasteiger partial charge in [0.1, 0.15) is 11.5 Å². The number of unbranched alkanes of at least 4 members (excludes halogenated alkanes) is 2. The van der Waals surface area contributed by atoms with Crippen molar-refractivity contribution in [3.8, 4) is 11.3 Å². The summed E-state index contributed by atoms with van der Waals surface area (Å²) in [6, 6.07) is 9.01. The normalized spacial score (nSPS) is 11.2. The number of hydrogen-bond acceptors (Lipinski definition) is 2. The highest BCUT2D eigenvalue weighted by Gasteiger charge is 2.21. The predicted molar refractivity (Wildman–Crippen MR) is 120 cm³/mol. The van der Waals surface area contributed by atoms with Gasteiger partial charge in [-0.3, -0.25) is 4.79 Å². The molecule has 0 aliphatic heterocycles. The van der Waals surface area contributed by atoms with Crippen LogP contribution in [-0.4, -0.2) is 33.3 Å². The summed E-state index contributed by atoms with van der Waals surface area (Å²) in [7, 11) is 0. The van der Waals surface area contributed by atoms with Crippen LogP contribution in [0.3, 0.4) is 0 Å². The maximum atomic E-state index is 13.8. The Hall–Kier alpha value is -2.69. The largest absolute Gasteiger partial charge is 0.342 e. The Morgan fingerprint density at radius 2 is 1.77 bits per heavy atom. The zero-order valence-electron chi connectivity index (χ0n) is 18.5. The number of aryl methyl sites for hydroxylation is 2. The summed E-state index contributed by atoms with van der Waals surface area (Å²) >= 11 is 0. The van der Waals surface area contributed by atoms with Gasteiger partial charge < -0.3 is 9.30 Å². The van der Waals surface area contributed by atoms with E-state index in [-0.39, 0.29) is 18.1 Å². The molecule has 0 unspecified atom stereocenters. The molecule has 0 spiro atoms. The lowest BCUT2D eigenvalue weighted by Gasteiger charge is -2.22. The van der Waals surface area contributed by atoms with E-state index in [1.165, 1.54) is 6.07 Å². The number of amides is 1. The Bertz CT molecular complexity index is 1020. The molecule has 3 rings (SSSR count). The Kier molecular flexibility index (Phi) is 7.24. The van der Waals surface area contributed by atoms with Crippen LogP contribution in [0.15, 0.2) is 36.5 Å². The first-order chi connectivity index (χ1) is 14.4. The van der Waals surface area contributed by atoms with Crippen LogP contribution in [0, 0.1) is 19.7 Å². The second-order valence-corrected chi connectivity index (χ2v) is 8.07. The molecule has 0 fully saturated rings. The monoisotopic (exact) mass is 409 g/mol. The summed E-state index contributed by atoms with van der Waals surface area (Å²) in [6.45, 7) is 9.64. The third-order valence-corrected chi connectivity index (χ3v) is 5.53. The molecule has 2 aromatic heterocycles. The van der Waals surface area contributed by atoms with Crippen molar-refractivity contribution in [2.24, 2.45) is 0 Å². The van der Waals surface area contributed by atoms with Crippen molar-refractivity contribution in [2.75, 3.05) is 13.1 Å². The number of imidazole rings is 1. The Morgan fingerprint density at radius 3 is 2.40 bits per heavy atom. The average molecular weight is 410 g/mol. The second-order valence-electron chi connectivity index (χ2n) is 8.07. The van der Waals surface area contributed by atoms with Gasteiger partial charge in [-0.1, -0.05) is 32.8 Å². The lowest BCUT2D eigenvalue weighted by molar-refractivity contribution is -0.130. The minimum absolute atomic E-state index is 0.125. The number of carbonyl (C=O) groups is 1. The summed E-state index contributed by atoms with van der Waals surface area (Å²) in [6.07, 6.45) is 6.43. The summed E-state index contributed by atoms with van der Waals surface area (Å²) in [4.78, 5) is 20.1. The van der Waals surface area contributed by atoms with Crippen LogP contribution in [0.1, 0.15) is 56.4 Å². The highest BCUT2D eigenvalue weighted by Crippen LogP contribution is 2.27. The molecular formula is C25H32FN3O. The molecule has 0 bridgehead atoms. The van der Waals surface area contributed by atoms with Gasteiger partial charge in [0.05, 0.1) is 17.8 Å². The van der Waals surface area contributed by atoms with Gasteiger partial charge in [0.15, 0.2) is 0 Å². The molecule has 0 N–H and O–H groups in total. The van der Waals surface area contributed by atoms with Crippen LogP contribution in [0.25, 0.3) is 16.9 Å². The van der Waals surface area contributed by atoms with E-state index in [0.717, 1.165) is 66.9 Å². The molecule has 160 valence electrons. The third kappa shape index (κ3) is 4.89. The quantitative estimate of drug-likeness (QED) is 0.453. The molecule has 0 aliphatic rings. The lowest BCUT2D eigenvalue weighted by atomic mass is 10.0. The average Bonchev–Trinajstić information content (AvgIpc) is 3.07. The van der Waals surface area contributed by atoms with Crippen LogP contribution >= 0.6 is 0 Å². The van der Waals surface area contributed by atoms with E-state index in [9.17, 15) is 9.18 Å². The van der Waals surface area contributed by atoms with Crippen molar-refractivity contribution >= 4 is 11.6 Å². The van der Waals surface area contributed by atoms with E-state index in [1.54, 1.807) is 13.0 Å². The number of rotatable bonds is 9. The van der Waals surface area contributed by atoms with Gasteiger partial charge >= 0.3 is 0 Å². The first kappa shape index (κ1) is 22.0. The molecule has 4 nitrogen and oxygen atoms in total. The number of nitrogens with zero attached hydrogens (tertiary/aromatic N) is 3. The fraction of sp³-hybridized carbons (Fsp3) is 0.440. The number of carbonyl (C=O) groups excluding carboxylic acids is 1. The van der Waals surface area contributed by atoms with Crippen LogP contribution in [0.5, 0.6) is 0 Å². The van der Waals surface area contributed by atoms with Gasteiger partial charge in [0.25, 0.3) is 0 Å². The molecule has 0 saturated heterocycles. The first-order valence-corrected chi connectivity index (χ1v) is 11.0. The fourth-order valence-electron chi connectivity index (χ4n) is 3.71. The maximum absolute atomic E-state index is 13.8. The summed E-state index contributed by atoms with van der Waals surface area (Å²) in [5, 5.41) is 0. The van der Waals surface area contributed by atoms with Crippen LogP contribution in [0.2, 0.25) is 0 Å². The standard InChI is InChI=1S/C25H32FN3O/c1-5-7-13-28(14-8-6-2)24(30)16-22-25(20-10-11-21(26)19(4)15-20)27-23-12-9-18(3)17-29(22)23/h9-12,15,17H,5-8,13-14,16H2,1-4H3. The van der Waals surface area contributed by atoms with Crippen molar-refractivity contribution in [1.29, 1.82) is 0 Å². The highest BCUT2D eigenvalue weighted by atomic mass is 19.1. The van der Waals surface area contributed by atoms with Crippen molar-refractivity contribution in [2.45, 2.75) is 59.8 Å². The zero-order chi connectivity index (χ0) is 21.7. The summed E-state index contributed by atoms with van der Waals surface area (Å²) in [5.74, 6) is -0.110. The van der Waals surface area contributed by atoms with Gasteiger partial charge in [-0.15, -0.1) is 0 Å². The van der Waals surface area contributed by atoms with Crippen LogP contribution in [0.4, 0.5) is 4.39 Å². The zero-order valence-corrected chi connectivity index (χ0v) is 18.5. The minimum Gasteiger partial charge on any atom is -0.342 e. The van der Waals surface area contributed by atoms with E-state index < -0.39 is 0 Å². The van der Waals surface area contributed by atoms with Gasteiger partial charge in [-0.2, -0.15) is 0 Å². The van der Waals surface area contributed by atoms with Crippen molar-refractivity contribution < 1.29 is 9.18 Å². The number of halogens is 1. The molecule has 0 atom stereocenters. The molecule has 0 radical (unpaired) electrons. The number of hydrogen-bond donors (Lipinski definition) is 0. The molecule has 1 amide bonds. The number of fused-ring (bicyclic) bond motifs is 1. The van der Waals surface area contributed by atoms with E-state index in [2.05, 4.69) is 13.8 Å².